The van der Waals surface area contributed by atoms with Crippen LogP contribution in [0.5, 0.6) is 0 Å². The normalized spacial score (nSPS) is 15.5. The quantitative estimate of drug-likeness (QED) is 0.444. The van der Waals surface area contributed by atoms with E-state index in [1.807, 2.05) is 43.4 Å². The third-order valence-corrected chi connectivity index (χ3v) is 6.75. The molecule has 1 atom stereocenters. The molecule has 1 unspecified atom stereocenters. The Kier molecular flexibility index (Phi) is 6.46. The monoisotopic (exact) mass is 461 g/mol. The SMILES string of the molecule is CN(CCC1OCc2cc(-c3ccc(Cl)s3)c(-c3ccc(Cl)cc3)cc21)CC(=O)O. The molecule has 0 fully saturated rings. The molecule has 0 aliphatic carbocycles. The van der Waals surface area contributed by atoms with Crippen LogP contribution >= 0.6 is 34.5 Å². The summed E-state index contributed by atoms with van der Waals surface area (Å²) < 4.78 is 6.82. The van der Waals surface area contributed by atoms with E-state index in [4.69, 9.17) is 33.0 Å². The molecule has 3 aromatic rings. The molecule has 0 radical (unpaired) electrons. The molecule has 0 amide bonds. The Morgan fingerprint density at radius 1 is 1.17 bits per heavy atom. The summed E-state index contributed by atoms with van der Waals surface area (Å²) in [6.45, 7) is 1.22. The van der Waals surface area contributed by atoms with Gasteiger partial charge in [0.15, 0.2) is 0 Å². The first kappa shape index (κ1) is 21.3. The molecule has 4 nitrogen and oxygen atoms in total. The fraction of sp³-hybridized carbons (Fsp3) is 0.261. The highest BCUT2D eigenvalue weighted by atomic mass is 35.5. The van der Waals surface area contributed by atoms with Crippen LogP contribution in [0.3, 0.4) is 0 Å². The Morgan fingerprint density at radius 2 is 1.93 bits per heavy atom. The molecule has 30 heavy (non-hydrogen) atoms. The number of carbonyl (C=O) groups is 1. The van der Waals surface area contributed by atoms with E-state index in [9.17, 15) is 4.79 Å². The zero-order valence-corrected chi connectivity index (χ0v) is 18.7. The topological polar surface area (TPSA) is 49.8 Å². The number of nitrogens with zero attached hydrogens (tertiary/aromatic N) is 1. The average molecular weight is 462 g/mol. The Labute approximate surface area is 189 Å². The van der Waals surface area contributed by atoms with Crippen molar-refractivity contribution in [2.75, 3.05) is 20.1 Å². The fourth-order valence-electron chi connectivity index (χ4n) is 3.78. The van der Waals surface area contributed by atoms with E-state index in [0.717, 1.165) is 43.5 Å². The van der Waals surface area contributed by atoms with Crippen molar-refractivity contribution in [3.8, 4) is 21.6 Å². The number of fused-ring (bicyclic) bond motifs is 1. The first-order chi connectivity index (χ1) is 14.4. The maximum absolute atomic E-state index is 10.9. The summed E-state index contributed by atoms with van der Waals surface area (Å²) in [5.74, 6) is -0.825. The van der Waals surface area contributed by atoms with Crippen LogP contribution in [0.1, 0.15) is 23.7 Å². The first-order valence-electron chi connectivity index (χ1n) is 9.61. The molecule has 1 aromatic heterocycles. The molecule has 4 rings (SSSR count). The molecule has 0 saturated carbocycles. The summed E-state index contributed by atoms with van der Waals surface area (Å²) in [5, 5.41) is 9.66. The third-order valence-electron chi connectivity index (χ3n) is 5.24. The van der Waals surface area contributed by atoms with Gasteiger partial charge in [-0.05, 0) is 77.7 Å². The van der Waals surface area contributed by atoms with E-state index in [0.29, 0.717) is 18.2 Å². The standard InChI is InChI=1S/C23H21Cl2NO3S/c1-26(12-23(27)28)9-8-20-18-11-17(14-2-4-16(24)5-3-14)19(10-15(18)13-29-20)21-6-7-22(25)30-21/h2-7,10-11,20H,8-9,12-13H2,1H3,(H,27,28). The van der Waals surface area contributed by atoms with Crippen molar-refractivity contribution >= 4 is 40.5 Å². The molecular formula is C23H21Cl2NO3S. The summed E-state index contributed by atoms with van der Waals surface area (Å²) in [4.78, 5) is 13.8. The van der Waals surface area contributed by atoms with Gasteiger partial charge in [0.1, 0.15) is 0 Å². The molecule has 2 heterocycles. The van der Waals surface area contributed by atoms with Crippen LogP contribution in [0, 0.1) is 0 Å². The van der Waals surface area contributed by atoms with Gasteiger partial charge in [0, 0.05) is 16.4 Å². The second-order valence-electron chi connectivity index (χ2n) is 7.43. The minimum Gasteiger partial charge on any atom is -0.480 e. The van der Waals surface area contributed by atoms with Crippen molar-refractivity contribution in [1.29, 1.82) is 0 Å². The van der Waals surface area contributed by atoms with E-state index in [2.05, 4.69) is 12.1 Å². The molecule has 0 spiro atoms. The lowest BCUT2D eigenvalue weighted by Crippen LogP contribution is -2.27. The smallest absolute Gasteiger partial charge is 0.317 e. The largest absolute Gasteiger partial charge is 0.480 e. The van der Waals surface area contributed by atoms with Crippen LogP contribution < -0.4 is 0 Å². The van der Waals surface area contributed by atoms with Crippen molar-refractivity contribution in [2.24, 2.45) is 0 Å². The van der Waals surface area contributed by atoms with Gasteiger partial charge in [0.2, 0.25) is 0 Å². The number of benzene rings is 2. The van der Waals surface area contributed by atoms with Gasteiger partial charge in [0.05, 0.1) is 23.6 Å². The number of ether oxygens (including phenoxy) is 1. The Bertz CT molecular complexity index is 1060. The van der Waals surface area contributed by atoms with E-state index >= 15 is 0 Å². The van der Waals surface area contributed by atoms with Gasteiger partial charge in [-0.2, -0.15) is 0 Å². The highest BCUT2D eigenvalue weighted by Crippen LogP contribution is 2.43. The zero-order valence-electron chi connectivity index (χ0n) is 16.4. The van der Waals surface area contributed by atoms with Gasteiger partial charge in [-0.1, -0.05) is 35.3 Å². The maximum atomic E-state index is 10.9. The van der Waals surface area contributed by atoms with Gasteiger partial charge >= 0.3 is 5.97 Å². The number of hydrogen-bond acceptors (Lipinski definition) is 4. The summed E-state index contributed by atoms with van der Waals surface area (Å²) in [5.41, 5.74) is 5.64. The fourth-order valence-corrected chi connectivity index (χ4v) is 4.98. The number of rotatable bonds is 7. The number of aliphatic carboxylic acids is 1. The Morgan fingerprint density at radius 3 is 2.60 bits per heavy atom. The summed E-state index contributed by atoms with van der Waals surface area (Å²) in [7, 11) is 1.81. The lowest BCUT2D eigenvalue weighted by atomic mass is 9.91. The van der Waals surface area contributed by atoms with Gasteiger partial charge in [-0.25, -0.2) is 0 Å². The van der Waals surface area contributed by atoms with Crippen molar-refractivity contribution in [3.63, 3.8) is 0 Å². The second kappa shape index (κ2) is 9.08. The van der Waals surface area contributed by atoms with Crippen molar-refractivity contribution < 1.29 is 14.6 Å². The van der Waals surface area contributed by atoms with E-state index < -0.39 is 5.97 Å². The first-order valence-corrected chi connectivity index (χ1v) is 11.2. The van der Waals surface area contributed by atoms with Crippen LogP contribution in [-0.2, 0) is 16.1 Å². The minimum absolute atomic E-state index is 0.0215. The van der Waals surface area contributed by atoms with E-state index in [1.165, 1.54) is 0 Å². The van der Waals surface area contributed by atoms with Crippen LogP contribution in [0.4, 0.5) is 0 Å². The molecule has 0 bridgehead atoms. The molecule has 7 heteroatoms. The predicted molar refractivity (Wildman–Crippen MR) is 122 cm³/mol. The van der Waals surface area contributed by atoms with Gasteiger partial charge in [-0.3, -0.25) is 9.69 Å². The highest BCUT2D eigenvalue weighted by molar-refractivity contribution is 7.19. The minimum atomic E-state index is -0.825. The van der Waals surface area contributed by atoms with E-state index in [-0.39, 0.29) is 12.6 Å². The molecule has 0 saturated heterocycles. The number of likely N-dealkylation sites (N-methyl/N-ethyl adjacent to an activating group) is 1. The zero-order chi connectivity index (χ0) is 21.3. The summed E-state index contributed by atoms with van der Waals surface area (Å²) in [6, 6.07) is 16.2. The van der Waals surface area contributed by atoms with Gasteiger partial charge < -0.3 is 9.84 Å². The number of carboxylic acid groups (broad SMARTS) is 1. The van der Waals surface area contributed by atoms with Crippen LogP contribution in [-0.4, -0.2) is 36.1 Å². The Hall–Kier alpha value is -1.89. The van der Waals surface area contributed by atoms with Crippen molar-refractivity contribution in [2.45, 2.75) is 19.1 Å². The summed E-state index contributed by atoms with van der Waals surface area (Å²) in [6.07, 6.45) is 0.685. The van der Waals surface area contributed by atoms with Crippen LogP contribution in [0.2, 0.25) is 9.36 Å². The molecule has 156 valence electrons. The third kappa shape index (κ3) is 4.71. The van der Waals surface area contributed by atoms with Crippen LogP contribution in [0.15, 0.2) is 48.5 Å². The van der Waals surface area contributed by atoms with Crippen molar-refractivity contribution in [3.05, 3.63) is 69.0 Å². The number of thiophene rings is 1. The molecule has 1 N–H and O–H groups in total. The second-order valence-corrected chi connectivity index (χ2v) is 9.58. The van der Waals surface area contributed by atoms with E-state index in [1.54, 1.807) is 16.2 Å². The van der Waals surface area contributed by atoms with Gasteiger partial charge in [0.25, 0.3) is 0 Å². The van der Waals surface area contributed by atoms with Crippen molar-refractivity contribution in [1.82, 2.24) is 4.90 Å². The lowest BCUT2D eigenvalue weighted by Gasteiger charge is -2.18. The van der Waals surface area contributed by atoms with Crippen LogP contribution in [0.25, 0.3) is 21.6 Å². The molecule has 2 aromatic carbocycles. The molecular weight excluding hydrogens is 441 g/mol. The summed E-state index contributed by atoms with van der Waals surface area (Å²) >= 11 is 13.9. The number of halogens is 2. The number of carboxylic acids is 1. The predicted octanol–water partition coefficient (Wildman–Crippen LogP) is 6.37. The molecule has 1 aliphatic rings. The highest BCUT2D eigenvalue weighted by Gasteiger charge is 2.26. The lowest BCUT2D eigenvalue weighted by molar-refractivity contribution is -0.138. The van der Waals surface area contributed by atoms with Gasteiger partial charge in [-0.15, -0.1) is 11.3 Å². The average Bonchev–Trinajstić information content (AvgIpc) is 3.31. The number of hydrogen-bond donors (Lipinski definition) is 1. The molecule has 1 aliphatic heterocycles. The maximum Gasteiger partial charge on any atom is 0.317 e. The Balaban J connectivity index is 1.69.